The van der Waals surface area contributed by atoms with Crippen LogP contribution in [0.1, 0.15) is 20.3 Å². The number of halogens is 1. The van der Waals surface area contributed by atoms with Crippen molar-refractivity contribution in [3.63, 3.8) is 0 Å². The van der Waals surface area contributed by atoms with Crippen LogP contribution in [0.3, 0.4) is 0 Å². The van der Waals surface area contributed by atoms with Gasteiger partial charge in [0.25, 0.3) is 0 Å². The highest BCUT2D eigenvalue weighted by Gasteiger charge is 2.09. The lowest BCUT2D eigenvalue weighted by atomic mass is 10.4. The number of nitrogens with zero attached hydrogens (tertiary/aromatic N) is 3. The van der Waals surface area contributed by atoms with Crippen molar-refractivity contribution in [2.45, 2.75) is 20.3 Å². The van der Waals surface area contributed by atoms with Crippen molar-refractivity contribution in [2.75, 3.05) is 43.6 Å². The Kier molecular flexibility index (Phi) is 6.75. The zero-order chi connectivity index (χ0) is 13.4. The van der Waals surface area contributed by atoms with E-state index in [4.69, 9.17) is 16.3 Å². The van der Waals surface area contributed by atoms with Crippen molar-refractivity contribution in [3.05, 3.63) is 11.2 Å². The zero-order valence-electron chi connectivity index (χ0n) is 11.2. The summed E-state index contributed by atoms with van der Waals surface area (Å²) in [6, 6.07) is 0. The summed E-state index contributed by atoms with van der Waals surface area (Å²) < 4.78 is 5.32. The molecule has 1 rings (SSSR count). The first-order valence-electron chi connectivity index (χ1n) is 6.24. The molecule has 5 nitrogen and oxygen atoms in total. The minimum absolute atomic E-state index is 0.552. The van der Waals surface area contributed by atoms with E-state index in [1.807, 2.05) is 18.9 Å². The molecule has 1 aromatic rings. The van der Waals surface area contributed by atoms with Crippen LogP contribution in [0, 0.1) is 0 Å². The van der Waals surface area contributed by atoms with Gasteiger partial charge in [-0.05, 0) is 13.3 Å². The maximum atomic E-state index is 6.10. The van der Waals surface area contributed by atoms with Gasteiger partial charge in [0.1, 0.15) is 5.02 Å². The third-order valence-electron chi connectivity index (χ3n) is 2.40. The fraction of sp³-hybridized carbons (Fsp3) is 0.667. The highest BCUT2D eigenvalue weighted by atomic mass is 35.5. The largest absolute Gasteiger partial charge is 0.380 e. The van der Waals surface area contributed by atoms with E-state index in [9.17, 15) is 0 Å². The lowest BCUT2D eigenvalue weighted by Crippen LogP contribution is -2.24. The van der Waals surface area contributed by atoms with Gasteiger partial charge in [0.2, 0.25) is 5.95 Å². The summed E-state index contributed by atoms with van der Waals surface area (Å²) in [5.74, 6) is 1.34. The maximum absolute atomic E-state index is 6.10. The SMILES string of the molecule is CCCNc1ncc(Cl)c(N(C)CCOCC)n1. The predicted octanol–water partition coefficient (Wildman–Crippen LogP) is 2.42. The molecule has 6 heteroatoms. The number of nitrogens with one attached hydrogen (secondary N) is 1. The Labute approximate surface area is 114 Å². The van der Waals surface area contributed by atoms with Gasteiger partial charge in [0.15, 0.2) is 5.82 Å². The monoisotopic (exact) mass is 272 g/mol. The third kappa shape index (κ3) is 4.66. The third-order valence-corrected chi connectivity index (χ3v) is 2.66. The Morgan fingerprint density at radius 1 is 1.44 bits per heavy atom. The predicted molar refractivity (Wildman–Crippen MR) is 75.6 cm³/mol. The average Bonchev–Trinajstić information content (AvgIpc) is 2.38. The smallest absolute Gasteiger partial charge is 0.224 e. The molecule has 0 radical (unpaired) electrons. The van der Waals surface area contributed by atoms with Gasteiger partial charge in [-0.2, -0.15) is 4.98 Å². The topological polar surface area (TPSA) is 50.3 Å². The molecule has 18 heavy (non-hydrogen) atoms. The highest BCUT2D eigenvalue weighted by Crippen LogP contribution is 2.22. The number of likely N-dealkylation sites (N-methyl/N-ethyl adjacent to an activating group) is 1. The van der Waals surface area contributed by atoms with E-state index >= 15 is 0 Å². The minimum atomic E-state index is 0.552. The lowest BCUT2D eigenvalue weighted by molar-refractivity contribution is 0.154. The van der Waals surface area contributed by atoms with Crippen LogP contribution in [0.4, 0.5) is 11.8 Å². The normalized spacial score (nSPS) is 10.4. The summed E-state index contributed by atoms with van der Waals surface area (Å²) in [4.78, 5) is 10.5. The number of anilines is 2. The van der Waals surface area contributed by atoms with Crippen molar-refractivity contribution in [2.24, 2.45) is 0 Å². The summed E-state index contributed by atoms with van der Waals surface area (Å²) >= 11 is 6.10. The Balaban J connectivity index is 2.66. The van der Waals surface area contributed by atoms with Gasteiger partial charge < -0.3 is 15.0 Å². The molecule has 1 N–H and O–H groups in total. The van der Waals surface area contributed by atoms with Crippen LogP contribution < -0.4 is 10.2 Å². The average molecular weight is 273 g/mol. The van der Waals surface area contributed by atoms with Crippen LogP contribution in [0.2, 0.25) is 5.02 Å². The molecule has 0 aliphatic heterocycles. The van der Waals surface area contributed by atoms with Crippen LogP contribution in [0.5, 0.6) is 0 Å². The molecule has 0 amide bonds. The number of hydrogen-bond acceptors (Lipinski definition) is 5. The molecule has 0 atom stereocenters. The molecule has 0 fully saturated rings. The Morgan fingerprint density at radius 3 is 2.89 bits per heavy atom. The maximum Gasteiger partial charge on any atom is 0.224 e. The van der Waals surface area contributed by atoms with Crippen molar-refractivity contribution in [1.82, 2.24) is 9.97 Å². The van der Waals surface area contributed by atoms with Crippen LogP contribution in [0.25, 0.3) is 0 Å². The van der Waals surface area contributed by atoms with Crippen LogP contribution in [-0.4, -0.2) is 43.3 Å². The molecule has 0 bridgehead atoms. The van der Waals surface area contributed by atoms with Gasteiger partial charge in [-0.3, -0.25) is 0 Å². The standard InChI is InChI=1S/C12H21ClN4O/c1-4-6-14-12-15-9-10(13)11(16-12)17(3)7-8-18-5-2/h9H,4-8H2,1-3H3,(H,14,15,16). The second-order valence-corrected chi connectivity index (χ2v) is 4.32. The fourth-order valence-corrected chi connectivity index (χ4v) is 1.63. The first-order valence-corrected chi connectivity index (χ1v) is 6.62. The summed E-state index contributed by atoms with van der Waals surface area (Å²) in [6.07, 6.45) is 2.65. The van der Waals surface area contributed by atoms with E-state index in [2.05, 4.69) is 22.2 Å². The minimum Gasteiger partial charge on any atom is -0.380 e. The number of ether oxygens (including phenoxy) is 1. The molecule has 0 aliphatic carbocycles. The second kappa shape index (κ2) is 8.11. The van der Waals surface area contributed by atoms with Gasteiger partial charge in [-0.15, -0.1) is 0 Å². The quantitative estimate of drug-likeness (QED) is 0.737. The van der Waals surface area contributed by atoms with E-state index in [-0.39, 0.29) is 0 Å². The molecular weight excluding hydrogens is 252 g/mol. The number of hydrogen-bond donors (Lipinski definition) is 1. The van der Waals surface area contributed by atoms with Crippen LogP contribution >= 0.6 is 11.6 Å². The molecule has 0 spiro atoms. The Morgan fingerprint density at radius 2 is 2.22 bits per heavy atom. The van der Waals surface area contributed by atoms with Crippen LogP contribution in [-0.2, 0) is 4.74 Å². The second-order valence-electron chi connectivity index (χ2n) is 3.91. The molecular formula is C12H21ClN4O. The van der Waals surface area contributed by atoms with Gasteiger partial charge in [0, 0.05) is 26.7 Å². The molecule has 1 heterocycles. The number of aromatic nitrogens is 2. The van der Waals surface area contributed by atoms with E-state index in [1.165, 1.54) is 0 Å². The summed E-state index contributed by atoms with van der Waals surface area (Å²) in [6.45, 7) is 7.05. The summed E-state index contributed by atoms with van der Waals surface area (Å²) in [7, 11) is 1.94. The lowest BCUT2D eigenvalue weighted by Gasteiger charge is -2.19. The summed E-state index contributed by atoms with van der Waals surface area (Å²) in [5, 5.41) is 3.70. The van der Waals surface area contributed by atoms with Crippen molar-refractivity contribution in [3.8, 4) is 0 Å². The molecule has 0 saturated heterocycles. The molecule has 0 unspecified atom stereocenters. The number of rotatable bonds is 8. The van der Waals surface area contributed by atoms with Crippen molar-refractivity contribution >= 4 is 23.4 Å². The van der Waals surface area contributed by atoms with Gasteiger partial charge in [-0.25, -0.2) is 4.98 Å². The summed E-state index contributed by atoms with van der Waals surface area (Å²) in [5.41, 5.74) is 0. The van der Waals surface area contributed by atoms with Crippen LogP contribution in [0.15, 0.2) is 6.20 Å². The molecule has 1 aromatic heterocycles. The molecule has 0 aliphatic rings. The van der Waals surface area contributed by atoms with E-state index in [1.54, 1.807) is 6.20 Å². The molecule has 0 aromatic carbocycles. The van der Waals surface area contributed by atoms with Gasteiger partial charge in [-0.1, -0.05) is 18.5 Å². The first-order chi connectivity index (χ1) is 8.69. The molecule has 102 valence electrons. The van der Waals surface area contributed by atoms with Crippen molar-refractivity contribution in [1.29, 1.82) is 0 Å². The molecule has 0 saturated carbocycles. The van der Waals surface area contributed by atoms with E-state index in [0.717, 1.165) is 25.3 Å². The zero-order valence-corrected chi connectivity index (χ0v) is 12.0. The van der Waals surface area contributed by atoms with Gasteiger partial charge in [0.05, 0.1) is 12.8 Å². The Hall–Kier alpha value is -1.07. The van der Waals surface area contributed by atoms with E-state index < -0.39 is 0 Å². The first kappa shape index (κ1) is 15.0. The van der Waals surface area contributed by atoms with Crippen molar-refractivity contribution < 1.29 is 4.74 Å². The fourth-order valence-electron chi connectivity index (χ4n) is 1.40. The van der Waals surface area contributed by atoms with Gasteiger partial charge >= 0.3 is 0 Å². The Bertz CT molecular complexity index is 362. The highest BCUT2D eigenvalue weighted by molar-refractivity contribution is 6.32. The van der Waals surface area contributed by atoms with E-state index in [0.29, 0.717) is 24.2 Å².